The van der Waals surface area contributed by atoms with E-state index in [1.165, 1.54) is 0 Å². The molecule has 0 bridgehead atoms. The number of carboxylic acids is 1. The summed E-state index contributed by atoms with van der Waals surface area (Å²) in [5.41, 5.74) is 0. The Labute approximate surface area is 124 Å². The van der Waals surface area contributed by atoms with Crippen LogP contribution in [0.4, 0.5) is 4.79 Å². The molecule has 9 heteroatoms. The van der Waals surface area contributed by atoms with E-state index in [4.69, 9.17) is 10.2 Å². The van der Waals surface area contributed by atoms with Crippen molar-refractivity contribution in [1.82, 2.24) is 10.2 Å². The number of carbonyl (C=O) groups is 2. The van der Waals surface area contributed by atoms with Crippen LogP contribution in [-0.2, 0) is 14.8 Å². The standard InChI is InChI=1S/C12H23N3O5S/c13-21(19,20)9-1-6-14-12(18)15-7-4-10(5-8-15)2-3-11(16)17/h10H,1-9H2,(H,14,18)(H,16,17)(H2,13,19,20). The van der Waals surface area contributed by atoms with Crippen LogP contribution in [0.1, 0.15) is 32.1 Å². The number of primary sulfonamides is 1. The lowest BCUT2D eigenvalue weighted by atomic mass is 9.92. The number of nitrogens with zero attached hydrogens (tertiary/aromatic N) is 1. The first-order valence-electron chi connectivity index (χ1n) is 7.03. The van der Waals surface area contributed by atoms with E-state index in [9.17, 15) is 18.0 Å². The van der Waals surface area contributed by atoms with Gasteiger partial charge in [0.15, 0.2) is 0 Å². The molecule has 2 amide bonds. The van der Waals surface area contributed by atoms with E-state index in [2.05, 4.69) is 5.32 Å². The van der Waals surface area contributed by atoms with Crippen molar-refractivity contribution < 1.29 is 23.1 Å². The highest BCUT2D eigenvalue weighted by Gasteiger charge is 2.22. The zero-order valence-corrected chi connectivity index (χ0v) is 12.8. The Kier molecular flexibility index (Phi) is 6.90. The quantitative estimate of drug-likeness (QED) is 0.566. The van der Waals surface area contributed by atoms with E-state index in [0.717, 1.165) is 12.8 Å². The number of rotatable bonds is 7. The number of carboxylic acid groups (broad SMARTS) is 1. The number of likely N-dealkylation sites (tertiary alicyclic amines) is 1. The molecule has 0 radical (unpaired) electrons. The van der Waals surface area contributed by atoms with Gasteiger partial charge in [0.05, 0.1) is 5.75 Å². The number of amides is 2. The van der Waals surface area contributed by atoms with Gasteiger partial charge in [-0.2, -0.15) is 0 Å². The van der Waals surface area contributed by atoms with Crippen LogP contribution in [-0.4, -0.2) is 55.8 Å². The normalized spacial score (nSPS) is 16.7. The average Bonchev–Trinajstić information content (AvgIpc) is 2.40. The van der Waals surface area contributed by atoms with Crippen molar-refractivity contribution in [1.29, 1.82) is 0 Å². The Balaban J connectivity index is 2.18. The summed E-state index contributed by atoms with van der Waals surface area (Å²) in [4.78, 5) is 24.0. The highest BCUT2D eigenvalue weighted by molar-refractivity contribution is 7.89. The van der Waals surface area contributed by atoms with Gasteiger partial charge in [0.2, 0.25) is 10.0 Å². The number of hydrogen-bond acceptors (Lipinski definition) is 4. The average molecular weight is 321 g/mol. The second-order valence-electron chi connectivity index (χ2n) is 5.32. The molecule has 1 saturated heterocycles. The second kappa shape index (κ2) is 8.18. The van der Waals surface area contributed by atoms with E-state index in [0.29, 0.717) is 31.8 Å². The summed E-state index contributed by atoms with van der Waals surface area (Å²) in [5.74, 6) is -0.581. The first-order valence-corrected chi connectivity index (χ1v) is 8.74. The summed E-state index contributed by atoms with van der Waals surface area (Å²) in [5, 5.41) is 16.2. The highest BCUT2D eigenvalue weighted by atomic mass is 32.2. The molecule has 8 nitrogen and oxygen atoms in total. The van der Waals surface area contributed by atoms with Crippen LogP contribution in [0.15, 0.2) is 0 Å². The number of carbonyl (C=O) groups excluding carboxylic acids is 1. The summed E-state index contributed by atoms with van der Waals surface area (Å²) in [7, 11) is -3.48. The molecule has 21 heavy (non-hydrogen) atoms. The maximum Gasteiger partial charge on any atom is 0.317 e. The second-order valence-corrected chi connectivity index (χ2v) is 7.05. The summed E-state index contributed by atoms with van der Waals surface area (Å²) < 4.78 is 21.5. The molecule has 0 aliphatic carbocycles. The van der Waals surface area contributed by atoms with Gasteiger partial charge in [-0.25, -0.2) is 18.4 Å². The number of piperidine rings is 1. The minimum Gasteiger partial charge on any atom is -0.481 e. The fraction of sp³-hybridized carbons (Fsp3) is 0.833. The van der Waals surface area contributed by atoms with Crippen molar-refractivity contribution in [2.24, 2.45) is 11.1 Å². The number of hydrogen-bond donors (Lipinski definition) is 3. The molecule has 0 saturated carbocycles. The SMILES string of the molecule is NS(=O)(=O)CCCNC(=O)N1CCC(CCC(=O)O)CC1. The molecule has 122 valence electrons. The molecule has 0 aromatic carbocycles. The Morgan fingerprint density at radius 3 is 2.43 bits per heavy atom. The van der Waals surface area contributed by atoms with E-state index in [1.807, 2.05) is 0 Å². The number of nitrogens with one attached hydrogen (secondary N) is 1. The van der Waals surface area contributed by atoms with Gasteiger partial charge >= 0.3 is 12.0 Å². The Morgan fingerprint density at radius 1 is 1.29 bits per heavy atom. The molecule has 1 aliphatic heterocycles. The summed E-state index contributed by atoms with van der Waals surface area (Å²) in [6, 6.07) is -0.207. The van der Waals surface area contributed by atoms with Crippen LogP contribution >= 0.6 is 0 Å². The van der Waals surface area contributed by atoms with Crippen molar-refractivity contribution >= 4 is 22.0 Å². The third kappa shape index (κ3) is 7.86. The van der Waals surface area contributed by atoms with Gasteiger partial charge in [-0.1, -0.05) is 0 Å². The van der Waals surface area contributed by atoms with Gasteiger partial charge in [-0.15, -0.1) is 0 Å². The lowest BCUT2D eigenvalue weighted by Gasteiger charge is -2.31. The molecule has 0 unspecified atom stereocenters. The van der Waals surface area contributed by atoms with Crippen LogP contribution in [0.3, 0.4) is 0 Å². The van der Waals surface area contributed by atoms with Gasteiger partial charge in [0, 0.05) is 26.1 Å². The van der Waals surface area contributed by atoms with Crippen molar-refractivity contribution in [3.05, 3.63) is 0 Å². The van der Waals surface area contributed by atoms with E-state index in [-0.39, 0.29) is 24.7 Å². The molecule has 1 aliphatic rings. The molecule has 4 N–H and O–H groups in total. The van der Waals surface area contributed by atoms with Crippen LogP contribution in [0, 0.1) is 5.92 Å². The largest absolute Gasteiger partial charge is 0.481 e. The molecule has 1 rings (SSSR count). The van der Waals surface area contributed by atoms with Crippen molar-refractivity contribution in [3.8, 4) is 0 Å². The van der Waals surface area contributed by atoms with Gasteiger partial charge in [-0.05, 0) is 31.6 Å². The predicted octanol–water partition coefficient (Wildman–Crippen LogP) is -0.0486. The first-order chi connectivity index (χ1) is 9.78. The summed E-state index contributed by atoms with van der Waals surface area (Å²) in [6.07, 6.45) is 2.72. The topological polar surface area (TPSA) is 130 Å². The molecular weight excluding hydrogens is 298 g/mol. The third-order valence-corrected chi connectivity index (χ3v) is 4.41. The van der Waals surface area contributed by atoms with Crippen LogP contribution in [0.25, 0.3) is 0 Å². The molecular formula is C12H23N3O5S. The minimum absolute atomic E-state index is 0.148. The fourth-order valence-corrected chi connectivity index (χ4v) is 2.88. The van der Waals surface area contributed by atoms with Crippen LogP contribution < -0.4 is 10.5 Å². The van der Waals surface area contributed by atoms with E-state index >= 15 is 0 Å². The van der Waals surface area contributed by atoms with Crippen molar-refractivity contribution in [3.63, 3.8) is 0 Å². The smallest absolute Gasteiger partial charge is 0.317 e. The number of aliphatic carboxylic acids is 1. The molecule has 0 aromatic rings. The predicted molar refractivity (Wildman–Crippen MR) is 77.2 cm³/mol. The van der Waals surface area contributed by atoms with Crippen LogP contribution in [0.2, 0.25) is 0 Å². The highest BCUT2D eigenvalue weighted by Crippen LogP contribution is 2.21. The summed E-state index contributed by atoms with van der Waals surface area (Å²) >= 11 is 0. The monoisotopic (exact) mass is 321 g/mol. The Bertz CT molecular complexity index is 458. The van der Waals surface area contributed by atoms with Gasteiger partial charge in [-0.3, -0.25) is 4.79 Å². The number of urea groups is 1. The van der Waals surface area contributed by atoms with E-state index < -0.39 is 16.0 Å². The zero-order chi connectivity index (χ0) is 15.9. The molecule has 1 fully saturated rings. The van der Waals surface area contributed by atoms with Gasteiger partial charge in [0.1, 0.15) is 0 Å². The van der Waals surface area contributed by atoms with Crippen molar-refractivity contribution in [2.75, 3.05) is 25.4 Å². The van der Waals surface area contributed by atoms with Gasteiger partial charge in [0.25, 0.3) is 0 Å². The fourth-order valence-electron chi connectivity index (χ4n) is 2.33. The molecule has 0 aromatic heterocycles. The minimum atomic E-state index is -3.48. The first kappa shape index (κ1) is 17.7. The number of sulfonamides is 1. The Morgan fingerprint density at radius 2 is 1.90 bits per heavy atom. The zero-order valence-electron chi connectivity index (χ0n) is 12.0. The van der Waals surface area contributed by atoms with Gasteiger partial charge < -0.3 is 15.3 Å². The molecule has 0 spiro atoms. The lowest BCUT2D eigenvalue weighted by Crippen LogP contribution is -2.45. The van der Waals surface area contributed by atoms with E-state index in [1.54, 1.807) is 4.90 Å². The van der Waals surface area contributed by atoms with Crippen LogP contribution in [0.5, 0.6) is 0 Å². The maximum atomic E-state index is 11.8. The number of nitrogens with two attached hydrogens (primary N) is 1. The molecule has 0 atom stereocenters. The Hall–Kier alpha value is -1.35. The lowest BCUT2D eigenvalue weighted by molar-refractivity contribution is -0.137. The third-order valence-electron chi connectivity index (χ3n) is 3.55. The molecule has 1 heterocycles. The maximum absolute atomic E-state index is 11.8. The summed E-state index contributed by atoms with van der Waals surface area (Å²) in [6.45, 7) is 1.48. The van der Waals surface area contributed by atoms with Crippen molar-refractivity contribution in [2.45, 2.75) is 32.1 Å².